The Bertz CT molecular complexity index is 658. The summed E-state index contributed by atoms with van der Waals surface area (Å²) in [5.74, 6) is -1.59. The highest BCUT2D eigenvalue weighted by Gasteiger charge is 2.10. The fourth-order valence-corrected chi connectivity index (χ4v) is 2.17. The van der Waals surface area contributed by atoms with Crippen LogP contribution < -0.4 is 0 Å². The van der Waals surface area contributed by atoms with Crippen molar-refractivity contribution in [3.05, 3.63) is 82.9 Å². The second-order valence-corrected chi connectivity index (χ2v) is 4.86. The average molecular weight is 283 g/mol. The Morgan fingerprint density at radius 3 is 2.00 bits per heavy atom. The minimum absolute atomic E-state index is 0.521. The van der Waals surface area contributed by atoms with E-state index in [9.17, 15) is 8.78 Å². The summed E-state index contributed by atoms with van der Waals surface area (Å²) in [6, 6.07) is 12.1. The van der Waals surface area contributed by atoms with Gasteiger partial charge < -0.3 is 0 Å². The molecule has 0 saturated heterocycles. The number of rotatable bonds is 5. The third-order valence-corrected chi connectivity index (χ3v) is 3.32. The van der Waals surface area contributed by atoms with Crippen molar-refractivity contribution in [3.63, 3.8) is 0 Å². The van der Waals surface area contributed by atoms with Gasteiger partial charge in [0, 0.05) is 0 Å². The van der Waals surface area contributed by atoms with Crippen LogP contribution in [0.25, 0.3) is 0 Å². The van der Waals surface area contributed by atoms with Crippen molar-refractivity contribution >= 4 is 0 Å². The van der Waals surface area contributed by atoms with E-state index in [1.165, 1.54) is 23.8 Å². The molecular weight excluding hydrogens is 268 g/mol. The van der Waals surface area contributed by atoms with Gasteiger partial charge in [-0.3, -0.25) is 0 Å². The summed E-state index contributed by atoms with van der Waals surface area (Å²) >= 11 is 0. The van der Waals surface area contributed by atoms with Crippen LogP contribution in [-0.4, -0.2) is 0 Å². The summed E-state index contributed by atoms with van der Waals surface area (Å²) in [5, 5.41) is 8.63. The Kier molecular flexibility index (Phi) is 4.84. The largest absolute Gasteiger partial charge is 0.205 e. The zero-order valence-electron chi connectivity index (χ0n) is 11.6. The summed E-state index contributed by atoms with van der Waals surface area (Å²) in [6.45, 7) is 3.69. The Hall–Kier alpha value is -2.47. The lowest BCUT2D eigenvalue weighted by Crippen LogP contribution is -1.97. The van der Waals surface area contributed by atoms with Crippen LogP contribution in [0.1, 0.15) is 22.3 Å². The van der Waals surface area contributed by atoms with Gasteiger partial charge in [0.1, 0.15) is 23.3 Å². The topological polar surface area (TPSA) is 23.8 Å². The van der Waals surface area contributed by atoms with E-state index in [-0.39, 0.29) is 0 Å². The number of nitrogens with zero attached hydrogens (tertiary/aromatic N) is 1. The van der Waals surface area contributed by atoms with Crippen molar-refractivity contribution in [1.82, 2.24) is 0 Å². The highest BCUT2D eigenvalue weighted by atomic mass is 19.1. The SMILES string of the molecule is C=CCc1ccc(CCc2cc(F)c(C#N)c(F)c2)cc1. The van der Waals surface area contributed by atoms with E-state index >= 15 is 0 Å². The molecule has 0 aromatic heterocycles. The molecule has 21 heavy (non-hydrogen) atoms. The predicted molar refractivity (Wildman–Crippen MR) is 78.8 cm³/mol. The van der Waals surface area contributed by atoms with Gasteiger partial charge in [-0.1, -0.05) is 30.3 Å². The molecule has 0 aliphatic carbocycles. The molecule has 0 fully saturated rings. The highest BCUT2D eigenvalue weighted by Crippen LogP contribution is 2.16. The summed E-state index contributed by atoms with van der Waals surface area (Å²) < 4.78 is 27.0. The van der Waals surface area contributed by atoms with Gasteiger partial charge in [0.2, 0.25) is 0 Å². The van der Waals surface area contributed by atoms with Gasteiger partial charge in [-0.25, -0.2) is 8.78 Å². The highest BCUT2D eigenvalue weighted by molar-refractivity contribution is 5.35. The van der Waals surface area contributed by atoms with Crippen LogP contribution in [0.3, 0.4) is 0 Å². The van der Waals surface area contributed by atoms with Crippen LogP contribution in [0.2, 0.25) is 0 Å². The van der Waals surface area contributed by atoms with Crippen molar-refractivity contribution < 1.29 is 8.78 Å². The van der Waals surface area contributed by atoms with Crippen LogP contribution in [0.15, 0.2) is 49.1 Å². The first-order valence-electron chi connectivity index (χ1n) is 6.70. The zero-order valence-corrected chi connectivity index (χ0v) is 11.6. The number of benzene rings is 2. The van der Waals surface area contributed by atoms with E-state index in [4.69, 9.17) is 5.26 Å². The Morgan fingerprint density at radius 2 is 1.48 bits per heavy atom. The molecule has 0 amide bonds. The molecule has 0 saturated carbocycles. The van der Waals surface area contributed by atoms with Crippen molar-refractivity contribution in [2.45, 2.75) is 19.3 Å². The molecule has 3 heteroatoms. The fraction of sp³-hybridized carbons (Fsp3) is 0.167. The van der Waals surface area contributed by atoms with Crippen molar-refractivity contribution in [1.29, 1.82) is 5.26 Å². The summed E-state index contributed by atoms with van der Waals surface area (Å²) in [6.07, 6.45) is 3.89. The monoisotopic (exact) mass is 283 g/mol. The maximum absolute atomic E-state index is 13.5. The third kappa shape index (κ3) is 3.76. The van der Waals surface area contributed by atoms with Gasteiger partial charge in [-0.2, -0.15) is 5.26 Å². The molecule has 2 aromatic rings. The van der Waals surface area contributed by atoms with Crippen LogP contribution >= 0.6 is 0 Å². The Labute approximate surface area is 123 Å². The van der Waals surface area contributed by atoms with Crippen LogP contribution in [0.4, 0.5) is 8.78 Å². The second kappa shape index (κ2) is 6.81. The standard InChI is InChI=1S/C18H15F2N/c1-2-3-13-4-6-14(7-5-13)8-9-15-10-17(19)16(12-21)18(20)11-15/h2,4-7,10-11H,1,3,8-9H2. The van der Waals surface area contributed by atoms with Crippen molar-refractivity contribution in [2.75, 3.05) is 0 Å². The second-order valence-electron chi connectivity index (χ2n) is 4.86. The summed E-state index contributed by atoms with van der Waals surface area (Å²) in [7, 11) is 0. The van der Waals surface area contributed by atoms with E-state index < -0.39 is 17.2 Å². The molecule has 0 radical (unpaired) electrons. The Morgan fingerprint density at radius 1 is 0.952 bits per heavy atom. The molecular formula is C18H15F2N. The lowest BCUT2D eigenvalue weighted by molar-refractivity contribution is 0.573. The summed E-state index contributed by atoms with van der Waals surface area (Å²) in [5.41, 5.74) is 2.32. The minimum Gasteiger partial charge on any atom is -0.205 e. The first kappa shape index (κ1) is 14.9. The molecule has 2 aromatic carbocycles. The molecule has 0 N–H and O–H groups in total. The smallest absolute Gasteiger partial charge is 0.144 e. The molecule has 0 unspecified atom stereocenters. The minimum atomic E-state index is -0.797. The fourth-order valence-electron chi connectivity index (χ4n) is 2.17. The van der Waals surface area contributed by atoms with E-state index in [0.29, 0.717) is 18.4 Å². The quantitative estimate of drug-likeness (QED) is 0.748. The molecule has 0 aliphatic rings. The lowest BCUT2D eigenvalue weighted by Gasteiger charge is -2.05. The molecule has 0 heterocycles. The number of hydrogen-bond acceptors (Lipinski definition) is 1. The van der Waals surface area contributed by atoms with Gasteiger partial charge in [0.15, 0.2) is 0 Å². The van der Waals surface area contributed by atoms with Gasteiger partial charge >= 0.3 is 0 Å². The molecule has 1 nitrogen and oxygen atoms in total. The number of halogens is 2. The first-order valence-corrected chi connectivity index (χ1v) is 6.70. The lowest BCUT2D eigenvalue weighted by atomic mass is 10.0. The molecule has 0 atom stereocenters. The van der Waals surface area contributed by atoms with E-state index in [0.717, 1.165) is 12.0 Å². The zero-order chi connectivity index (χ0) is 15.2. The number of allylic oxidation sites excluding steroid dienone is 1. The van der Waals surface area contributed by atoms with Crippen LogP contribution in [-0.2, 0) is 19.3 Å². The normalized spacial score (nSPS) is 10.1. The summed E-state index contributed by atoms with van der Waals surface area (Å²) in [4.78, 5) is 0. The van der Waals surface area contributed by atoms with Gasteiger partial charge in [-0.05, 0) is 48.1 Å². The molecule has 0 bridgehead atoms. The van der Waals surface area contributed by atoms with E-state index in [2.05, 4.69) is 6.58 Å². The number of aryl methyl sites for hydroxylation is 2. The predicted octanol–water partition coefficient (Wildman–Crippen LogP) is 4.35. The molecule has 2 rings (SSSR count). The maximum Gasteiger partial charge on any atom is 0.144 e. The van der Waals surface area contributed by atoms with Crippen molar-refractivity contribution in [3.8, 4) is 6.07 Å². The number of hydrogen-bond donors (Lipinski definition) is 0. The third-order valence-electron chi connectivity index (χ3n) is 3.32. The maximum atomic E-state index is 13.5. The first-order chi connectivity index (χ1) is 10.1. The average Bonchev–Trinajstić information content (AvgIpc) is 2.47. The van der Waals surface area contributed by atoms with E-state index in [1.807, 2.05) is 30.3 Å². The Balaban J connectivity index is 2.06. The van der Waals surface area contributed by atoms with Crippen molar-refractivity contribution in [2.24, 2.45) is 0 Å². The number of nitriles is 1. The molecule has 0 aliphatic heterocycles. The molecule has 106 valence electrons. The molecule has 0 spiro atoms. The van der Waals surface area contributed by atoms with Gasteiger partial charge in [0.25, 0.3) is 0 Å². The van der Waals surface area contributed by atoms with Gasteiger partial charge in [0.05, 0.1) is 0 Å². The van der Waals surface area contributed by atoms with Gasteiger partial charge in [-0.15, -0.1) is 6.58 Å². The van der Waals surface area contributed by atoms with Crippen LogP contribution in [0.5, 0.6) is 0 Å². The van der Waals surface area contributed by atoms with Crippen LogP contribution in [0, 0.1) is 23.0 Å². The van der Waals surface area contributed by atoms with E-state index in [1.54, 1.807) is 0 Å².